The number of aromatic nitrogens is 1. The first-order valence-electron chi connectivity index (χ1n) is 10.4. The van der Waals surface area contributed by atoms with Crippen LogP contribution in [0.15, 0.2) is 46.9 Å². The van der Waals surface area contributed by atoms with Gasteiger partial charge in [0, 0.05) is 48.5 Å². The zero-order chi connectivity index (χ0) is 20.9. The van der Waals surface area contributed by atoms with E-state index in [4.69, 9.17) is 4.74 Å². The van der Waals surface area contributed by atoms with Crippen molar-refractivity contribution in [1.29, 1.82) is 0 Å². The predicted octanol–water partition coefficient (Wildman–Crippen LogP) is 5.05. The van der Waals surface area contributed by atoms with Gasteiger partial charge in [-0.1, -0.05) is 28.1 Å². The Labute approximate surface area is 189 Å². The summed E-state index contributed by atoms with van der Waals surface area (Å²) in [6.45, 7) is 7.09. The molecule has 158 valence electrons. The topological polar surface area (TPSA) is 45.7 Å². The van der Waals surface area contributed by atoms with Crippen LogP contribution in [0.3, 0.4) is 0 Å². The second-order valence-corrected chi connectivity index (χ2v) is 9.32. The number of carbonyl (C=O) groups is 1. The van der Waals surface area contributed by atoms with E-state index in [-0.39, 0.29) is 5.91 Å². The van der Waals surface area contributed by atoms with E-state index in [1.165, 1.54) is 16.9 Å². The minimum absolute atomic E-state index is 0.185. The zero-order valence-electron chi connectivity index (χ0n) is 17.1. The third kappa shape index (κ3) is 5.20. The van der Waals surface area contributed by atoms with Gasteiger partial charge in [-0.25, -0.2) is 0 Å². The molecule has 1 aliphatic heterocycles. The van der Waals surface area contributed by atoms with E-state index in [0.29, 0.717) is 0 Å². The number of amides is 1. The fourth-order valence-electron chi connectivity index (χ4n) is 3.74. The van der Waals surface area contributed by atoms with Gasteiger partial charge in [0.15, 0.2) is 0 Å². The molecule has 0 bridgehead atoms. The summed E-state index contributed by atoms with van der Waals surface area (Å²) >= 11 is 5.00. The molecule has 5 nitrogen and oxygen atoms in total. The van der Waals surface area contributed by atoms with Crippen LogP contribution in [0.4, 0.5) is 0 Å². The highest BCUT2D eigenvalue weighted by atomic mass is 79.9. The van der Waals surface area contributed by atoms with E-state index < -0.39 is 0 Å². The highest BCUT2D eigenvalue weighted by molar-refractivity contribution is 9.10. The molecule has 30 heavy (non-hydrogen) atoms. The molecule has 2 heterocycles. The number of hydrogen-bond acceptors (Lipinski definition) is 5. The van der Waals surface area contributed by atoms with Gasteiger partial charge in [-0.15, -0.1) is 0 Å². The van der Waals surface area contributed by atoms with Gasteiger partial charge in [-0.05, 0) is 61.3 Å². The molecule has 7 heteroatoms. The van der Waals surface area contributed by atoms with Crippen molar-refractivity contribution in [3.05, 3.63) is 46.9 Å². The van der Waals surface area contributed by atoms with E-state index in [2.05, 4.69) is 49.5 Å². The lowest BCUT2D eigenvalue weighted by Gasteiger charge is -2.34. The summed E-state index contributed by atoms with van der Waals surface area (Å²) in [6, 6.07) is 14.5. The molecule has 0 atom stereocenters. The second kappa shape index (κ2) is 9.90. The van der Waals surface area contributed by atoms with E-state index in [1.54, 1.807) is 6.92 Å². The number of piperazine rings is 1. The van der Waals surface area contributed by atoms with E-state index >= 15 is 0 Å². The summed E-state index contributed by atoms with van der Waals surface area (Å²) in [7, 11) is 0. The number of benzene rings is 2. The van der Waals surface area contributed by atoms with Gasteiger partial charge in [0.05, 0.1) is 17.0 Å². The van der Waals surface area contributed by atoms with Crippen LogP contribution in [-0.4, -0.2) is 59.4 Å². The monoisotopic (exact) mass is 487 g/mol. The molecule has 1 aliphatic rings. The number of unbranched alkanes of at least 4 members (excludes halogenated alkanes) is 1. The highest BCUT2D eigenvalue weighted by Crippen LogP contribution is 2.33. The molecular formula is C23H26BrN3O2S. The van der Waals surface area contributed by atoms with Gasteiger partial charge >= 0.3 is 0 Å². The summed E-state index contributed by atoms with van der Waals surface area (Å²) in [5, 5.41) is 1.17. The number of carbonyl (C=O) groups excluding carboxylic acids is 1. The lowest BCUT2D eigenvalue weighted by Crippen LogP contribution is -2.48. The summed E-state index contributed by atoms with van der Waals surface area (Å²) < 4.78 is 12.9. The Balaban J connectivity index is 1.24. The van der Waals surface area contributed by atoms with Gasteiger partial charge in [0.2, 0.25) is 5.91 Å². The molecule has 4 rings (SSSR count). The van der Waals surface area contributed by atoms with Crippen molar-refractivity contribution < 1.29 is 9.53 Å². The molecule has 1 fully saturated rings. The molecule has 0 N–H and O–H groups in total. The minimum Gasteiger partial charge on any atom is -0.494 e. The van der Waals surface area contributed by atoms with E-state index in [1.807, 2.05) is 23.1 Å². The molecule has 0 saturated carbocycles. The Bertz CT molecular complexity index is 997. The second-order valence-electron chi connectivity index (χ2n) is 7.60. The van der Waals surface area contributed by atoms with Gasteiger partial charge in [0.25, 0.3) is 0 Å². The number of halogens is 1. The Kier molecular flexibility index (Phi) is 7.02. The summed E-state index contributed by atoms with van der Waals surface area (Å²) in [6.07, 6.45) is 2.13. The van der Waals surface area contributed by atoms with Gasteiger partial charge in [-0.3, -0.25) is 9.69 Å². The quantitative estimate of drug-likeness (QED) is 0.437. The van der Waals surface area contributed by atoms with Crippen molar-refractivity contribution in [2.45, 2.75) is 19.8 Å². The lowest BCUT2D eigenvalue weighted by molar-refractivity contribution is -0.130. The highest BCUT2D eigenvalue weighted by Gasteiger charge is 2.17. The zero-order valence-corrected chi connectivity index (χ0v) is 19.5. The van der Waals surface area contributed by atoms with Gasteiger partial charge < -0.3 is 9.64 Å². The first-order chi connectivity index (χ1) is 14.6. The number of hydrogen-bond donors (Lipinski definition) is 0. The van der Waals surface area contributed by atoms with Crippen molar-refractivity contribution in [2.24, 2.45) is 0 Å². The molecule has 0 unspecified atom stereocenters. The molecule has 2 aromatic carbocycles. The summed E-state index contributed by atoms with van der Waals surface area (Å²) in [5.41, 5.74) is 2.15. The molecule has 1 saturated heterocycles. The Hall–Kier alpha value is -1.96. The maximum Gasteiger partial charge on any atom is 0.219 e. The first-order valence-corrected chi connectivity index (χ1v) is 11.9. The van der Waals surface area contributed by atoms with Gasteiger partial charge in [-0.2, -0.15) is 4.37 Å². The Morgan fingerprint density at radius 1 is 1.10 bits per heavy atom. The molecular weight excluding hydrogens is 462 g/mol. The number of fused-ring (bicyclic) bond motifs is 1. The third-order valence-corrected chi connectivity index (χ3v) is 6.85. The molecule has 1 aromatic heterocycles. The molecule has 1 amide bonds. The van der Waals surface area contributed by atoms with Crippen molar-refractivity contribution >= 4 is 43.5 Å². The van der Waals surface area contributed by atoms with Crippen LogP contribution < -0.4 is 4.74 Å². The SMILES string of the molecule is CC(=O)N1CCN(CCCCOc2ccc3c(-c4ccc(Br)cc4)nsc3c2)CC1. The maximum absolute atomic E-state index is 11.4. The fourth-order valence-corrected chi connectivity index (χ4v) is 4.83. The lowest BCUT2D eigenvalue weighted by atomic mass is 10.1. The average molecular weight is 488 g/mol. The Morgan fingerprint density at radius 2 is 1.87 bits per heavy atom. The predicted molar refractivity (Wildman–Crippen MR) is 126 cm³/mol. The number of ether oxygens (including phenoxy) is 1. The van der Waals surface area contributed by atoms with Crippen molar-refractivity contribution in [3.8, 4) is 17.0 Å². The molecule has 0 spiro atoms. The van der Waals surface area contributed by atoms with Crippen LogP contribution in [0.1, 0.15) is 19.8 Å². The molecule has 0 aliphatic carbocycles. The number of rotatable bonds is 7. The van der Waals surface area contributed by atoms with Crippen LogP contribution in [0.5, 0.6) is 5.75 Å². The smallest absolute Gasteiger partial charge is 0.219 e. The van der Waals surface area contributed by atoms with Crippen LogP contribution in [0.25, 0.3) is 21.3 Å². The van der Waals surface area contributed by atoms with Crippen LogP contribution in [-0.2, 0) is 4.79 Å². The normalized spacial score (nSPS) is 14.9. The van der Waals surface area contributed by atoms with E-state index in [9.17, 15) is 4.79 Å². The van der Waals surface area contributed by atoms with Crippen molar-refractivity contribution in [3.63, 3.8) is 0 Å². The van der Waals surface area contributed by atoms with Crippen LogP contribution in [0, 0.1) is 0 Å². The van der Waals surface area contributed by atoms with Gasteiger partial charge in [0.1, 0.15) is 5.75 Å². The average Bonchev–Trinajstić information content (AvgIpc) is 3.17. The minimum atomic E-state index is 0.185. The molecule has 0 radical (unpaired) electrons. The van der Waals surface area contributed by atoms with Crippen molar-refractivity contribution in [2.75, 3.05) is 39.3 Å². The summed E-state index contributed by atoms with van der Waals surface area (Å²) in [5.74, 6) is 1.09. The standard InChI is InChI=1S/C23H26BrN3O2S/c1-17(28)27-13-11-26(12-14-27)10-2-3-15-29-20-8-9-21-22(16-20)30-25-23(21)18-4-6-19(24)7-5-18/h4-9,16H,2-3,10-15H2,1H3. The maximum atomic E-state index is 11.4. The van der Waals surface area contributed by atoms with Crippen molar-refractivity contribution in [1.82, 2.24) is 14.2 Å². The van der Waals surface area contributed by atoms with Crippen LogP contribution >= 0.6 is 27.5 Å². The van der Waals surface area contributed by atoms with E-state index in [0.717, 1.165) is 78.4 Å². The third-order valence-electron chi connectivity index (χ3n) is 5.52. The van der Waals surface area contributed by atoms with Crippen LogP contribution in [0.2, 0.25) is 0 Å². The fraction of sp³-hybridized carbons (Fsp3) is 0.391. The first kappa shape index (κ1) is 21.3. The largest absolute Gasteiger partial charge is 0.494 e. The summed E-state index contributed by atoms with van der Waals surface area (Å²) in [4.78, 5) is 15.8. The Morgan fingerprint density at radius 3 is 2.60 bits per heavy atom. The number of nitrogens with zero attached hydrogens (tertiary/aromatic N) is 3. The molecule has 3 aromatic rings.